The van der Waals surface area contributed by atoms with Crippen molar-refractivity contribution in [2.24, 2.45) is 0 Å². The van der Waals surface area contributed by atoms with Crippen LogP contribution in [0.4, 0.5) is 10.6 Å². The molecule has 1 aromatic rings. The lowest BCUT2D eigenvalue weighted by atomic mass is 10.2. The number of hydrogen-bond acceptors (Lipinski definition) is 4. The van der Waals surface area contributed by atoms with E-state index in [0.717, 1.165) is 0 Å². The van der Waals surface area contributed by atoms with E-state index in [1.807, 2.05) is 0 Å². The van der Waals surface area contributed by atoms with Gasteiger partial charge in [-0.25, -0.2) is 9.78 Å². The van der Waals surface area contributed by atoms with Crippen LogP contribution in [-0.4, -0.2) is 53.2 Å². The number of aromatic nitrogens is 1. The molecule has 1 unspecified atom stereocenters. The van der Waals surface area contributed by atoms with Gasteiger partial charge in [0.05, 0.1) is 10.6 Å². The Balaban J connectivity index is 2.14. The van der Waals surface area contributed by atoms with Gasteiger partial charge >= 0.3 is 6.09 Å². The van der Waals surface area contributed by atoms with Crippen LogP contribution in [0, 0.1) is 0 Å². The number of pyridine rings is 1. The van der Waals surface area contributed by atoms with Crippen molar-refractivity contribution in [3.63, 3.8) is 0 Å². The van der Waals surface area contributed by atoms with E-state index in [0.29, 0.717) is 35.9 Å². The van der Waals surface area contributed by atoms with Gasteiger partial charge in [0.15, 0.2) is 0 Å². The zero-order valence-electron chi connectivity index (χ0n) is 10.9. The van der Waals surface area contributed by atoms with Gasteiger partial charge in [-0.1, -0.05) is 11.6 Å². The van der Waals surface area contributed by atoms with E-state index in [1.165, 1.54) is 24.2 Å². The quantitative estimate of drug-likeness (QED) is 0.781. The first-order chi connectivity index (χ1) is 9.51. The fraction of sp³-hybridized carbons (Fsp3) is 0.417. The number of anilines is 1. The van der Waals surface area contributed by atoms with Crippen molar-refractivity contribution < 1.29 is 14.7 Å². The summed E-state index contributed by atoms with van der Waals surface area (Å²) in [5.41, 5.74) is 0.341. The van der Waals surface area contributed by atoms with E-state index < -0.39 is 6.09 Å². The molecular weight excluding hydrogens is 284 g/mol. The SMILES string of the molecule is CNC(=O)c1cc(Cl)cnc1NC1CCN(C(=O)O)C1. The number of carbonyl (C=O) groups is 2. The first kappa shape index (κ1) is 14.4. The predicted octanol–water partition coefficient (Wildman–Crippen LogP) is 1.26. The van der Waals surface area contributed by atoms with Crippen LogP contribution < -0.4 is 10.6 Å². The molecule has 3 N–H and O–H groups in total. The largest absolute Gasteiger partial charge is 0.465 e. The molecule has 1 fully saturated rings. The minimum atomic E-state index is -0.940. The van der Waals surface area contributed by atoms with Crippen LogP contribution in [0.2, 0.25) is 5.02 Å². The number of likely N-dealkylation sites (tertiary alicyclic amines) is 1. The Labute approximate surface area is 120 Å². The molecule has 1 aliphatic heterocycles. The molecule has 2 rings (SSSR count). The fourth-order valence-corrected chi connectivity index (χ4v) is 2.27. The average Bonchev–Trinajstić information content (AvgIpc) is 2.88. The van der Waals surface area contributed by atoms with E-state index in [-0.39, 0.29) is 11.9 Å². The van der Waals surface area contributed by atoms with Gasteiger partial charge in [-0.2, -0.15) is 0 Å². The molecule has 20 heavy (non-hydrogen) atoms. The van der Waals surface area contributed by atoms with Crippen molar-refractivity contribution in [2.45, 2.75) is 12.5 Å². The van der Waals surface area contributed by atoms with Crippen LogP contribution in [0.25, 0.3) is 0 Å². The molecule has 0 aromatic carbocycles. The van der Waals surface area contributed by atoms with Gasteiger partial charge in [-0.15, -0.1) is 0 Å². The molecular formula is C12H15ClN4O3. The maximum atomic E-state index is 11.8. The zero-order valence-corrected chi connectivity index (χ0v) is 11.6. The molecule has 0 saturated carbocycles. The van der Waals surface area contributed by atoms with Gasteiger partial charge in [-0.05, 0) is 12.5 Å². The lowest BCUT2D eigenvalue weighted by Gasteiger charge is -2.16. The number of halogens is 1. The summed E-state index contributed by atoms with van der Waals surface area (Å²) in [5, 5.41) is 14.9. The second kappa shape index (κ2) is 5.96. The summed E-state index contributed by atoms with van der Waals surface area (Å²) in [7, 11) is 1.52. The molecule has 1 aliphatic rings. The van der Waals surface area contributed by atoms with Crippen molar-refractivity contribution in [1.29, 1.82) is 0 Å². The minimum Gasteiger partial charge on any atom is -0.465 e. The number of nitrogens with zero attached hydrogens (tertiary/aromatic N) is 2. The maximum absolute atomic E-state index is 11.8. The molecule has 2 amide bonds. The minimum absolute atomic E-state index is 0.0665. The van der Waals surface area contributed by atoms with Crippen molar-refractivity contribution in [2.75, 3.05) is 25.5 Å². The van der Waals surface area contributed by atoms with Crippen LogP contribution in [0.1, 0.15) is 16.8 Å². The standard InChI is InChI=1S/C12H15ClN4O3/c1-14-11(18)9-4-7(13)5-15-10(9)16-8-2-3-17(6-8)12(19)20/h4-5,8H,2-3,6H2,1H3,(H,14,18)(H,15,16)(H,19,20). The summed E-state index contributed by atoms with van der Waals surface area (Å²) in [4.78, 5) is 28.1. The molecule has 1 atom stereocenters. The topological polar surface area (TPSA) is 94.6 Å². The Morgan fingerprint density at radius 3 is 2.90 bits per heavy atom. The van der Waals surface area contributed by atoms with E-state index >= 15 is 0 Å². The molecule has 0 aliphatic carbocycles. The highest BCUT2D eigenvalue weighted by Crippen LogP contribution is 2.21. The molecule has 0 radical (unpaired) electrons. The van der Waals surface area contributed by atoms with Crippen LogP contribution in [0.3, 0.4) is 0 Å². The number of carbonyl (C=O) groups excluding carboxylic acids is 1. The summed E-state index contributed by atoms with van der Waals surface area (Å²) >= 11 is 5.84. The van der Waals surface area contributed by atoms with Gasteiger partial charge in [0.1, 0.15) is 5.82 Å². The molecule has 2 heterocycles. The normalized spacial score (nSPS) is 17.9. The highest BCUT2D eigenvalue weighted by atomic mass is 35.5. The van der Waals surface area contributed by atoms with E-state index in [2.05, 4.69) is 15.6 Å². The first-order valence-electron chi connectivity index (χ1n) is 6.13. The molecule has 0 bridgehead atoms. The van der Waals surface area contributed by atoms with Crippen LogP contribution in [-0.2, 0) is 0 Å². The molecule has 0 spiro atoms. The highest BCUT2D eigenvalue weighted by Gasteiger charge is 2.27. The van der Waals surface area contributed by atoms with Crippen molar-refractivity contribution in [1.82, 2.24) is 15.2 Å². The van der Waals surface area contributed by atoms with Gasteiger partial charge in [0.25, 0.3) is 5.91 Å². The summed E-state index contributed by atoms with van der Waals surface area (Å²) < 4.78 is 0. The van der Waals surface area contributed by atoms with Crippen molar-refractivity contribution in [3.8, 4) is 0 Å². The summed E-state index contributed by atoms with van der Waals surface area (Å²) in [6, 6.07) is 1.46. The van der Waals surface area contributed by atoms with Crippen LogP contribution >= 0.6 is 11.6 Å². The van der Waals surface area contributed by atoms with E-state index in [4.69, 9.17) is 16.7 Å². The highest BCUT2D eigenvalue weighted by molar-refractivity contribution is 6.31. The fourth-order valence-electron chi connectivity index (χ4n) is 2.11. The number of carboxylic acid groups (broad SMARTS) is 1. The predicted molar refractivity (Wildman–Crippen MR) is 74.3 cm³/mol. The zero-order chi connectivity index (χ0) is 14.7. The number of rotatable bonds is 3. The average molecular weight is 299 g/mol. The summed E-state index contributed by atoms with van der Waals surface area (Å²) in [6.45, 7) is 0.836. The second-order valence-corrected chi connectivity index (χ2v) is 4.92. The second-order valence-electron chi connectivity index (χ2n) is 4.49. The third-order valence-electron chi connectivity index (χ3n) is 3.13. The van der Waals surface area contributed by atoms with Crippen molar-refractivity contribution in [3.05, 3.63) is 22.8 Å². The number of amides is 2. The Morgan fingerprint density at radius 1 is 1.55 bits per heavy atom. The van der Waals surface area contributed by atoms with Crippen LogP contribution in [0.15, 0.2) is 12.3 Å². The molecule has 7 nitrogen and oxygen atoms in total. The Morgan fingerprint density at radius 2 is 2.30 bits per heavy atom. The van der Waals surface area contributed by atoms with Gasteiger partial charge in [0, 0.05) is 32.4 Å². The molecule has 108 valence electrons. The molecule has 1 aromatic heterocycles. The first-order valence-corrected chi connectivity index (χ1v) is 6.51. The third kappa shape index (κ3) is 3.11. The van der Waals surface area contributed by atoms with Gasteiger partial charge < -0.3 is 20.6 Å². The van der Waals surface area contributed by atoms with E-state index in [1.54, 1.807) is 0 Å². The lowest BCUT2D eigenvalue weighted by molar-refractivity contribution is 0.0963. The third-order valence-corrected chi connectivity index (χ3v) is 3.33. The monoisotopic (exact) mass is 298 g/mol. The summed E-state index contributed by atoms with van der Waals surface area (Å²) in [6.07, 6.45) is 1.18. The van der Waals surface area contributed by atoms with Crippen molar-refractivity contribution >= 4 is 29.4 Å². The lowest BCUT2D eigenvalue weighted by Crippen LogP contribution is -2.31. The van der Waals surface area contributed by atoms with Gasteiger partial charge in [-0.3, -0.25) is 4.79 Å². The Hall–Kier alpha value is -2.02. The van der Waals surface area contributed by atoms with Crippen LogP contribution in [0.5, 0.6) is 0 Å². The Bertz CT molecular complexity index is 537. The molecule has 8 heteroatoms. The maximum Gasteiger partial charge on any atom is 0.407 e. The molecule has 1 saturated heterocycles. The number of nitrogens with one attached hydrogen (secondary N) is 2. The Kier molecular flexibility index (Phi) is 4.29. The van der Waals surface area contributed by atoms with Gasteiger partial charge in [0.2, 0.25) is 0 Å². The number of hydrogen-bond donors (Lipinski definition) is 3. The smallest absolute Gasteiger partial charge is 0.407 e. The summed E-state index contributed by atoms with van der Waals surface area (Å²) in [5.74, 6) is 0.113. The van der Waals surface area contributed by atoms with E-state index in [9.17, 15) is 9.59 Å².